The van der Waals surface area contributed by atoms with Crippen molar-refractivity contribution in [2.24, 2.45) is 5.14 Å². The molecule has 0 amide bonds. The second-order valence-electron chi connectivity index (χ2n) is 9.93. The quantitative estimate of drug-likeness (QED) is 0.194. The number of amidine groups is 1. The maximum atomic E-state index is 13.8. The van der Waals surface area contributed by atoms with Crippen LogP contribution in [0.5, 0.6) is 11.5 Å². The summed E-state index contributed by atoms with van der Waals surface area (Å²) < 4.78 is 51.7. The van der Waals surface area contributed by atoms with Crippen molar-refractivity contribution in [1.82, 2.24) is 4.31 Å². The summed E-state index contributed by atoms with van der Waals surface area (Å²) >= 11 is 0.549. The van der Waals surface area contributed by atoms with Crippen LogP contribution in [-0.4, -0.2) is 50.4 Å². The first-order valence-corrected chi connectivity index (χ1v) is 14.2. The second-order valence-corrected chi connectivity index (χ2v) is 12.4. The van der Waals surface area contributed by atoms with Gasteiger partial charge in [0.1, 0.15) is 11.5 Å². The van der Waals surface area contributed by atoms with Crippen LogP contribution in [0.3, 0.4) is 0 Å². The molecule has 3 aromatic rings. The van der Waals surface area contributed by atoms with E-state index in [0.29, 0.717) is 34.4 Å². The first kappa shape index (κ1) is 28.2. The van der Waals surface area contributed by atoms with E-state index in [0.717, 1.165) is 15.2 Å². The van der Waals surface area contributed by atoms with Crippen molar-refractivity contribution in [2.75, 3.05) is 14.2 Å². The third kappa shape index (κ3) is 5.11. The van der Waals surface area contributed by atoms with Crippen molar-refractivity contribution in [2.45, 2.75) is 50.3 Å². The summed E-state index contributed by atoms with van der Waals surface area (Å²) in [6.45, 7) is 7.79. The molecule has 1 heterocycles. The zero-order chi connectivity index (χ0) is 27.9. The number of hydrogen-bond acceptors (Lipinski definition) is 9. The first-order valence-electron chi connectivity index (χ1n) is 11.9. The Balaban J connectivity index is 1.73. The second kappa shape index (κ2) is 10.4. The molecule has 0 aromatic heterocycles. The molecular formula is C26H32BN3O6S2. The molecular weight excluding hydrogens is 525 g/mol. The van der Waals surface area contributed by atoms with Gasteiger partial charge in [0.05, 0.1) is 36.9 Å². The molecule has 1 aliphatic heterocycles. The van der Waals surface area contributed by atoms with Crippen LogP contribution in [0.1, 0.15) is 33.3 Å². The summed E-state index contributed by atoms with van der Waals surface area (Å²) in [5.74, 6) is 1.00. The highest BCUT2D eigenvalue weighted by Gasteiger charge is 2.52. The molecule has 1 saturated heterocycles. The van der Waals surface area contributed by atoms with Gasteiger partial charge in [-0.15, -0.1) is 0 Å². The van der Waals surface area contributed by atoms with Gasteiger partial charge >= 0.3 is 7.12 Å². The molecule has 0 bridgehead atoms. The Morgan fingerprint density at radius 1 is 1.03 bits per heavy atom. The number of nitrogens with one attached hydrogen (secondary N) is 1. The molecule has 4 rings (SSSR count). The molecule has 0 atom stereocenters. The summed E-state index contributed by atoms with van der Waals surface area (Å²) in [6.07, 6.45) is 0. The number of hydrogen-bond donors (Lipinski definition) is 2. The predicted molar refractivity (Wildman–Crippen MR) is 151 cm³/mol. The number of ether oxygens (including phenoxy) is 2. The molecule has 38 heavy (non-hydrogen) atoms. The number of benzene rings is 3. The average Bonchev–Trinajstić information content (AvgIpc) is 3.12. The van der Waals surface area contributed by atoms with Crippen LogP contribution >= 0.6 is 11.9 Å². The number of sulfonamides is 1. The van der Waals surface area contributed by atoms with E-state index in [1.807, 2.05) is 45.9 Å². The van der Waals surface area contributed by atoms with Crippen LogP contribution in [-0.2, 0) is 25.9 Å². The van der Waals surface area contributed by atoms with Crippen LogP contribution in [0.15, 0.2) is 59.5 Å². The SMILES string of the molecule is COc1ccc(CN(C(=N)SN)S(=O)(=O)c2ccc3c(B4OC(C)(C)C(C)(C)O4)cccc3c2)c(OC)c1. The lowest BCUT2D eigenvalue weighted by Crippen LogP contribution is -2.41. The fraction of sp³-hybridized carbons (Fsp3) is 0.346. The number of nitrogens with zero attached hydrogens (tertiary/aromatic N) is 1. The summed E-state index contributed by atoms with van der Waals surface area (Å²) in [4.78, 5) is 0.0300. The number of rotatable bonds is 7. The van der Waals surface area contributed by atoms with Crippen LogP contribution in [0.25, 0.3) is 10.8 Å². The van der Waals surface area contributed by atoms with Crippen molar-refractivity contribution in [3.8, 4) is 11.5 Å². The van der Waals surface area contributed by atoms with E-state index in [2.05, 4.69) is 0 Å². The Morgan fingerprint density at radius 3 is 2.32 bits per heavy atom. The summed E-state index contributed by atoms with van der Waals surface area (Å²) in [5, 5.41) is 15.2. The Morgan fingerprint density at radius 2 is 1.71 bits per heavy atom. The normalized spacial score (nSPS) is 16.4. The van der Waals surface area contributed by atoms with Gasteiger partial charge < -0.3 is 18.8 Å². The number of methoxy groups -OCH3 is 2. The highest BCUT2D eigenvalue weighted by molar-refractivity contribution is 8.12. The molecule has 0 saturated carbocycles. The molecule has 202 valence electrons. The highest BCUT2D eigenvalue weighted by Crippen LogP contribution is 2.37. The predicted octanol–water partition coefficient (Wildman–Crippen LogP) is 3.89. The van der Waals surface area contributed by atoms with Crippen molar-refractivity contribution >= 4 is 50.5 Å². The van der Waals surface area contributed by atoms with Crippen molar-refractivity contribution in [3.05, 3.63) is 60.2 Å². The number of fused-ring (bicyclic) bond motifs is 1. The van der Waals surface area contributed by atoms with E-state index < -0.39 is 28.3 Å². The fourth-order valence-corrected chi connectivity index (χ4v) is 6.12. The van der Waals surface area contributed by atoms with E-state index in [1.165, 1.54) is 20.3 Å². The largest absolute Gasteiger partial charge is 0.497 e. The van der Waals surface area contributed by atoms with Gasteiger partial charge in [0, 0.05) is 11.6 Å². The first-order chi connectivity index (χ1) is 17.8. The summed E-state index contributed by atoms with van der Waals surface area (Å²) in [7, 11) is -1.73. The van der Waals surface area contributed by atoms with Crippen molar-refractivity contribution < 1.29 is 27.2 Å². The third-order valence-electron chi connectivity index (χ3n) is 7.13. The van der Waals surface area contributed by atoms with Gasteiger partial charge in [-0.1, -0.05) is 24.3 Å². The van der Waals surface area contributed by atoms with Crippen molar-refractivity contribution in [3.63, 3.8) is 0 Å². The standard InChI is InChI=1S/C26H32BN3O6S2/c1-25(2)26(3,4)36-27(35-25)22-9-7-8-17-14-20(12-13-21(17)22)38(31,32)30(24(28)37-29)16-18-10-11-19(33-5)15-23(18)34-6/h7-15,28H,16,29H2,1-6H3. The maximum Gasteiger partial charge on any atom is 0.495 e. The Hall–Kier alpha value is -2.77. The molecule has 1 fully saturated rings. The lowest BCUT2D eigenvalue weighted by molar-refractivity contribution is 0.00578. The van der Waals surface area contributed by atoms with Gasteiger partial charge in [-0.2, -0.15) is 0 Å². The van der Waals surface area contributed by atoms with Gasteiger partial charge in [-0.3, -0.25) is 10.5 Å². The lowest BCUT2D eigenvalue weighted by atomic mass is 9.76. The molecule has 3 N–H and O–H groups in total. The summed E-state index contributed by atoms with van der Waals surface area (Å²) in [5.41, 5.74) is 0.355. The molecule has 0 unspecified atom stereocenters. The highest BCUT2D eigenvalue weighted by atomic mass is 32.2. The van der Waals surface area contributed by atoms with E-state index in [4.69, 9.17) is 29.3 Å². The Labute approximate surface area is 228 Å². The molecule has 3 aromatic carbocycles. The molecule has 0 radical (unpaired) electrons. The maximum absolute atomic E-state index is 13.8. The topological polar surface area (TPSA) is 124 Å². The van der Waals surface area contributed by atoms with Gasteiger partial charge in [0.15, 0.2) is 5.17 Å². The minimum Gasteiger partial charge on any atom is -0.497 e. The van der Waals surface area contributed by atoms with Crippen LogP contribution in [0.2, 0.25) is 0 Å². The minimum absolute atomic E-state index is 0.0300. The molecule has 1 aliphatic rings. The van der Waals surface area contributed by atoms with Gasteiger partial charge in [-0.05, 0) is 80.1 Å². The average molecular weight is 558 g/mol. The lowest BCUT2D eigenvalue weighted by Gasteiger charge is -2.32. The Kier molecular flexibility index (Phi) is 7.75. The molecule has 9 nitrogen and oxygen atoms in total. The van der Waals surface area contributed by atoms with E-state index in [9.17, 15) is 8.42 Å². The molecule has 0 aliphatic carbocycles. The zero-order valence-electron chi connectivity index (χ0n) is 22.3. The zero-order valence-corrected chi connectivity index (χ0v) is 23.9. The van der Waals surface area contributed by atoms with Gasteiger partial charge in [-0.25, -0.2) is 12.7 Å². The van der Waals surface area contributed by atoms with Crippen LogP contribution < -0.4 is 20.1 Å². The number of nitrogens with two attached hydrogens (primary N) is 1. The monoisotopic (exact) mass is 557 g/mol. The van der Waals surface area contributed by atoms with Gasteiger partial charge in [0.25, 0.3) is 10.0 Å². The smallest absolute Gasteiger partial charge is 0.495 e. The molecule has 0 spiro atoms. The van der Waals surface area contributed by atoms with E-state index >= 15 is 0 Å². The summed E-state index contributed by atoms with van der Waals surface area (Å²) in [6, 6.07) is 15.5. The third-order valence-corrected chi connectivity index (χ3v) is 9.43. The van der Waals surface area contributed by atoms with Crippen LogP contribution in [0, 0.1) is 5.41 Å². The van der Waals surface area contributed by atoms with Crippen molar-refractivity contribution in [1.29, 1.82) is 5.41 Å². The fourth-order valence-electron chi connectivity index (χ4n) is 4.21. The van der Waals surface area contributed by atoms with E-state index in [1.54, 1.807) is 30.3 Å². The van der Waals surface area contributed by atoms with Crippen LogP contribution in [0.4, 0.5) is 0 Å². The molecule has 12 heteroatoms. The minimum atomic E-state index is -4.15. The Bertz CT molecular complexity index is 1460. The van der Waals surface area contributed by atoms with Gasteiger partial charge in [0.2, 0.25) is 0 Å². The van der Waals surface area contributed by atoms with E-state index in [-0.39, 0.29) is 16.6 Å².